The molecule has 4 aromatic rings. The van der Waals surface area contributed by atoms with Gasteiger partial charge in [0.05, 0.1) is 11.1 Å². The molecule has 24 heavy (non-hydrogen) atoms. The van der Waals surface area contributed by atoms with E-state index in [1.165, 1.54) is 5.56 Å². The monoisotopic (exact) mass is 321 g/mol. The van der Waals surface area contributed by atoms with Gasteiger partial charge in [-0.1, -0.05) is 22.8 Å². The summed E-state index contributed by atoms with van der Waals surface area (Å²) in [5.41, 5.74) is 3.69. The number of anilines is 2. The van der Waals surface area contributed by atoms with E-state index in [1.54, 1.807) is 6.07 Å². The number of phenolic OH excluding ortho intramolecular Hbond substituents is 1. The van der Waals surface area contributed by atoms with Gasteiger partial charge >= 0.3 is 6.01 Å². The third kappa shape index (κ3) is 2.45. The minimum absolute atomic E-state index is 0.0161. The van der Waals surface area contributed by atoms with Crippen LogP contribution in [0.4, 0.5) is 11.7 Å². The highest BCUT2D eigenvalue weighted by atomic mass is 16.4. The van der Waals surface area contributed by atoms with Crippen molar-refractivity contribution in [2.45, 2.75) is 13.8 Å². The SMILES string of the molecule is Cc1ccc(Nc2nnc(-c3ccc4[nH]c(C)nc4c3O)o2)cc1. The predicted molar refractivity (Wildman–Crippen MR) is 90.2 cm³/mol. The molecule has 0 spiro atoms. The summed E-state index contributed by atoms with van der Waals surface area (Å²) >= 11 is 0. The van der Waals surface area contributed by atoms with Crippen LogP contribution in [0.15, 0.2) is 40.8 Å². The zero-order chi connectivity index (χ0) is 16.7. The quantitative estimate of drug-likeness (QED) is 0.532. The molecule has 0 aliphatic rings. The van der Waals surface area contributed by atoms with Gasteiger partial charge < -0.3 is 19.8 Å². The Balaban J connectivity index is 1.67. The lowest BCUT2D eigenvalue weighted by atomic mass is 10.1. The number of hydrogen-bond donors (Lipinski definition) is 3. The van der Waals surface area contributed by atoms with E-state index in [2.05, 4.69) is 25.5 Å². The van der Waals surface area contributed by atoms with Gasteiger partial charge in [0, 0.05) is 5.69 Å². The van der Waals surface area contributed by atoms with E-state index in [1.807, 2.05) is 44.2 Å². The van der Waals surface area contributed by atoms with Gasteiger partial charge in [0.1, 0.15) is 11.3 Å². The Hall–Kier alpha value is -3.35. The zero-order valence-electron chi connectivity index (χ0n) is 13.2. The molecule has 2 aromatic heterocycles. The Kier molecular flexibility index (Phi) is 3.19. The van der Waals surface area contributed by atoms with Crippen molar-refractivity contribution in [1.82, 2.24) is 20.2 Å². The van der Waals surface area contributed by atoms with E-state index in [-0.39, 0.29) is 17.7 Å². The van der Waals surface area contributed by atoms with Crippen LogP contribution in [-0.4, -0.2) is 25.3 Å². The molecule has 0 saturated heterocycles. The Bertz CT molecular complexity index is 1020. The number of phenols is 1. The van der Waals surface area contributed by atoms with Crippen LogP contribution in [0.2, 0.25) is 0 Å². The average Bonchev–Trinajstić information content (AvgIpc) is 3.16. The van der Waals surface area contributed by atoms with Crippen LogP contribution in [0, 0.1) is 13.8 Å². The maximum Gasteiger partial charge on any atom is 0.320 e. The molecule has 0 fully saturated rings. The number of H-pyrrole nitrogens is 1. The second-order valence-electron chi connectivity index (χ2n) is 5.58. The molecular formula is C17H15N5O2. The van der Waals surface area contributed by atoms with E-state index in [9.17, 15) is 5.11 Å². The van der Waals surface area contributed by atoms with Gasteiger partial charge in [-0.05, 0) is 38.1 Å². The number of aromatic hydroxyl groups is 1. The van der Waals surface area contributed by atoms with Crippen LogP contribution >= 0.6 is 0 Å². The van der Waals surface area contributed by atoms with Gasteiger partial charge in [-0.25, -0.2) is 4.98 Å². The van der Waals surface area contributed by atoms with Gasteiger partial charge in [0.15, 0.2) is 5.75 Å². The zero-order valence-corrected chi connectivity index (χ0v) is 13.2. The van der Waals surface area contributed by atoms with Gasteiger partial charge in [-0.15, -0.1) is 5.10 Å². The number of nitrogens with one attached hydrogen (secondary N) is 2. The summed E-state index contributed by atoms with van der Waals surface area (Å²) in [6, 6.07) is 11.6. The van der Waals surface area contributed by atoms with Crippen molar-refractivity contribution in [3.63, 3.8) is 0 Å². The maximum absolute atomic E-state index is 10.4. The Morgan fingerprint density at radius 2 is 1.83 bits per heavy atom. The Morgan fingerprint density at radius 1 is 1.04 bits per heavy atom. The molecule has 7 heteroatoms. The van der Waals surface area contributed by atoms with Gasteiger partial charge in [-0.2, -0.15) is 0 Å². The standard InChI is InChI=1S/C17H15N5O2/c1-9-3-5-11(6-4-9)20-17-22-21-16(24-17)12-7-8-13-14(15(12)23)19-10(2)18-13/h3-8,23H,1-2H3,(H,18,19)(H,20,22). The molecule has 120 valence electrons. The second kappa shape index (κ2) is 5.38. The summed E-state index contributed by atoms with van der Waals surface area (Å²) in [5.74, 6) is 0.969. The van der Waals surface area contributed by atoms with Crippen LogP contribution < -0.4 is 5.32 Å². The van der Waals surface area contributed by atoms with Crippen molar-refractivity contribution in [2.75, 3.05) is 5.32 Å². The number of aromatic amines is 1. The molecule has 0 unspecified atom stereocenters. The van der Waals surface area contributed by atoms with Gasteiger partial charge in [0.2, 0.25) is 0 Å². The first-order chi connectivity index (χ1) is 11.6. The third-order valence-electron chi connectivity index (χ3n) is 3.70. The van der Waals surface area contributed by atoms with Crippen LogP contribution in [0.3, 0.4) is 0 Å². The lowest BCUT2D eigenvalue weighted by Crippen LogP contribution is -1.89. The first-order valence-corrected chi connectivity index (χ1v) is 7.46. The third-order valence-corrected chi connectivity index (χ3v) is 3.70. The maximum atomic E-state index is 10.4. The van der Waals surface area contributed by atoms with Crippen molar-refractivity contribution in [3.8, 4) is 17.2 Å². The van der Waals surface area contributed by atoms with Gasteiger partial charge in [0.25, 0.3) is 5.89 Å². The van der Waals surface area contributed by atoms with Crippen molar-refractivity contribution < 1.29 is 9.52 Å². The Morgan fingerprint density at radius 3 is 2.62 bits per heavy atom. The number of aromatic nitrogens is 4. The number of aryl methyl sites for hydroxylation is 2. The summed E-state index contributed by atoms with van der Waals surface area (Å²) in [5, 5.41) is 21.4. The molecule has 0 bridgehead atoms. The minimum Gasteiger partial charge on any atom is -0.505 e. The molecule has 2 aromatic carbocycles. The summed E-state index contributed by atoms with van der Waals surface area (Å²) < 4.78 is 5.61. The molecule has 0 saturated carbocycles. The highest BCUT2D eigenvalue weighted by Gasteiger charge is 2.17. The van der Waals surface area contributed by atoms with Crippen molar-refractivity contribution in [2.24, 2.45) is 0 Å². The lowest BCUT2D eigenvalue weighted by molar-refractivity contribution is 0.478. The van der Waals surface area contributed by atoms with Crippen LogP contribution in [0.1, 0.15) is 11.4 Å². The largest absolute Gasteiger partial charge is 0.505 e. The van der Waals surface area contributed by atoms with Crippen LogP contribution in [0.25, 0.3) is 22.5 Å². The molecule has 0 aliphatic heterocycles. The summed E-state index contributed by atoms with van der Waals surface area (Å²) in [6.07, 6.45) is 0. The van der Waals surface area contributed by atoms with E-state index >= 15 is 0 Å². The van der Waals surface area contributed by atoms with E-state index < -0.39 is 0 Å². The van der Waals surface area contributed by atoms with Crippen molar-refractivity contribution in [1.29, 1.82) is 0 Å². The molecule has 7 nitrogen and oxygen atoms in total. The molecule has 0 amide bonds. The highest BCUT2D eigenvalue weighted by Crippen LogP contribution is 2.34. The summed E-state index contributed by atoms with van der Waals surface area (Å²) in [7, 11) is 0. The summed E-state index contributed by atoms with van der Waals surface area (Å²) in [4.78, 5) is 7.34. The molecule has 0 aliphatic carbocycles. The normalized spacial score (nSPS) is 11.1. The molecule has 0 atom stereocenters. The first-order valence-electron chi connectivity index (χ1n) is 7.46. The lowest BCUT2D eigenvalue weighted by Gasteiger charge is -2.02. The smallest absolute Gasteiger partial charge is 0.320 e. The fourth-order valence-electron chi connectivity index (χ4n) is 2.50. The van der Waals surface area contributed by atoms with Gasteiger partial charge in [-0.3, -0.25) is 0 Å². The predicted octanol–water partition coefficient (Wildman–Crippen LogP) is 3.68. The number of imidazole rings is 1. The van der Waals surface area contributed by atoms with Crippen molar-refractivity contribution in [3.05, 3.63) is 47.8 Å². The number of rotatable bonds is 3. The average molecular weight is 321 g/mol. The van der Waals surface area contributed by atoms with Crippen LogP contribution in [0.5, 0.6) is 5.75 Å². The number of benzene rings is 2. The summed E-state index contributed by atoms with van der Waals surface area (Å²) in [6.45, 7) is 3.85. The van der Waals surface area contributed by atoms with E-state index in [4.69, 9.17) is 4.42 Å². The van der Waals surface area contributed by atoms with Crippen LogP contribution in [-0.2, 0) is 0 Å². The first kappa shape index (κ1) is 14.3. The molecule has 3 N–H and O–H groups in total. The second-order valence-corrected chi connectivity index (χ2v) is 5.58. The molecule has 0 radical (unpaired) electrons. The highest BCUT2D eigenvalue weighted by molar-refractivity contribution is 5.88. The minimum atomic E-state index is 0.0161. The Labute approximate surface area is 137 Å². The topological polar surface area (TPSA) is 99.9 Å². The molecule has 2 heterocycles. The fourth-order valence-corrected chi connectivity index (χ4v) is 2.50. The number of fused-ring (bicyclic) bond motifs is 1. The van der Waals surface area contributed by atoms with Crippen molar-refractivity contribution >= 4 is 22.7 Å². The fraction of sp³-hybridized carbons (Fsp3) is 0.118. The molecule has 4 rings (SSSR count). The number of nitrogens with zero attached hydrogens (tertiary/aromatic N) is 3. The number of hydrogen-bond acceptors (Lipinski definition) is 6. The van der Waals surface area contributed by atoms with E-state index in [0.717, 1.165) is 17.0 Å². The van der Waals surface area contributed by atoms with E-state index in [0.29, 0.717) is 11.1 Å². The molecular weight excluding hydrogens is 306 g/mol.